The summed E-state index contributed by atoms with van der Waals surface area (Å²) in [6.07, 6.45) is 0.197. The molecule has 0 aromatic heterocycles. The molecule has 1 unspecified atom stereocenters. The first kappa shape index (κ1) is 16.8. The molecule has 7 heteroatoms. The van der Waals surface area contributed by atoms with E-state index in [-0.39, 0.29) is 11.8 Å². The Hall–Kier alpha value is -2.02. The van der Waals surface area contributed by atoms with E-state index in [1.165, 1.54) is 0 Å². The Morgan fingerprint density at radius 2 is 1.71 bits per heavy atom. The number of nitrogens with zero attached hydrogens (tertiary/aromatic N) is 2. The molecule has 24 heavy (non-hydrogen) atoms. The molecule has 2 amide bonds. The first-order valence-corrected chi connectivity index (χ1v) is 8.21. The smallest absolute Gasteiger partial charge is 0.262 e. The quantitative estimate of drug-likeness (QED) is 0.887. The molecule has 0 bridgehead atoms. The highest BCUT2D eigenvalue weighted by Gasteiger charge is 2.43. The number of halogens is 2. The van der Waals surface area contributed by atoms with Crippen LogP contribution < -0.4 is 5.32 Å². The summed E-state index contributed by atoms with van der Waals surface area (Å²) in [7, 11) is 0. The minimum absolute atomic E-state index is 0.0598. The molecular formula is C17H21F2N3O2. The molecule has 0 spiro atoms. The predicted octanol–water partition coefficient (Wildman–Crippen LogP) is 1.36. The molecule has 0 saturated carbocycles. The second-order valence-electron chi connectivity index (χ2n) is 6.33. The number of alkyl halides is 2. The second-order valence-corrected chi connectivity index (χ2v) is 6.33. The summed E-state index contributed by atoms with van der Waals surface area (Å²) < 4.78 is 26.5. The van der Waals surface area contributed by atoms with Gasteiger partial charge in [0, 0.05) is 38.2 Å². The van der Waals surface area contributed by atoms with E-state index >= 15 is 0 Å². The third-order valence-corrected chi connectivity index (χ3v) is 4.52. The second kappa shape index (κ2) is 6.84. The van der Waals surface area contributed by atoms with Gasteiger partial charge in [-0.25, -0.2) is 8.78 Å². The van der Waals surface area contributed by atoms with Gasteiger partial charge < -0.3 is 9.80 Å². The fourth-order valence-corrected chi connectivity index (χ4v) is 3.21. The standard InChI is InChI=1S/C17H21F2N3O2/c18-17(19)11-14(20-12-17)16(24)22-8-4-7-21(9-10-22)15(23)13-5-2-1-3-6-13/h1-3,5-6,14,20H,4,7-12H2. The summed E-state index contributed by atoms with van der Waals surface area (Å²) in [5, 5.41) is 2.60. The van der Waals surface area contributed by atoms with Gasteiger partial charge in [0.15, 0.2) is 0 Å². The maximum absolute atomic E-state index is 13.3. The number of hydrogen-bond acceptors (Lipinski definition) is 3. The van der Waals surface area contributed by atoms with Crippen LogP contribution in [-0.2, 0) is 4.79 Å². The van der Waals surface area contributed by atoms with E-state index < -0.39 is 24.9 Å². The van der Waals surface area contributed by atoms with Gasteiger partial charge in [-0.05, 0) is 18.6 Å². The summed E-state index contributed by atoms with van der Waals surface area (Å²) >= 11 is 0. The number of benzene rings is 1. The average molecular weight is 337 g/mol. The zero-order chi connectivity index (χ0) is 17.2. The lowest BCUT2D eigenvalue weighted by atomic mass is 10.1. The summed E-state index contributed by atoms with van der Waals surface area (Å²) in [5.74, 6) is -3.17. The highest BCUT2D eigenvalue weighted by molar-refractivity contribution is 5.94. The summed E-state index contributed by atoms with van der Waals surface area (Å²) in [5.41, 5.74) is 0.620. The van der Waals surface area contributed by atoms with Crippen LogP contribution in [0.1, 0.15) is 23.2 Å². The molecule has 0 aliphatic carbocycles. The zero-order valence-electron chi connectivity index (χ0n) is 13.4. The van der Waals surface area contributed by atoms with Crippen molar-refractivity contribution in [1.82, 2.24) is 15.1 Å². The Bertz CT molecular complexity index is 609. The van der Waals surface area contributed by atoms with Crippen LogP contribution in [-0.4, -0.2) is 66.3 Å². The van der Waals surface area contributed by atoms with Crippen molar-refractivity contribution in [2.45, 2.75) is 24.8 Å². The van der Waals surface area contributed by atoms with Crippen LogP contribution >= 0.6 is 0 Å². The van der Waals surface area contributed by atoms with Gasteiger partial charge in [0.05, 0.1) is 12.6 Å². The van der Waals surface area contributed by atoms with Crippen molar-refractivity contribution in [2.75, 3.05) is 32.7 Å². The minimum Gasteiger partial charge on any atom is -0.339 e. The van der Waals surface area contributed by atoms with Crippen LogP contribution in [0, 0.1) is 0 Å². The number of nitrogens with one attached hydrogen (secondary N) is 1. The summed E-state index contributed by atoms with van der Waals surface area (Å²) in [6, 6.07) is 8.18. The van der Waals surface area contributed by atoms with Gasteiger partial charge in [-0.15, -0.1) is 0 Å². The third-order valence-electron chi connectivity index (χ3n) is 4.52. The zero-order valence-corrected chi connectivity index (χ0v) is 13.4. The molecule has 1 aromatic rings. The van der Waals surface area contributed by atoms with Crippen molar-refractivity contribution in [2.24, 2.45) is 0 Å². The number of amides is 2. The minimum atomic E-state index is -2.82. The molecule has 1 N–H and O–H groups in total. The molecule has 5 nitrogen and oxygen atoms in total. The van der Waals surface area contributed by atoms with Gasteiger partial charge in [-0.1, -0.05) is 18.2 Å². The van der Waals surface area contributed by atoms with Crippen molar-refractivity contribution >= 4 is 11.8 Å². The van der Waals surface area contributed by atoms with E-state index in [0.717, 1.165) is 0 Å². The number of rotatable bonds is 2. The van der Waals surface area contributed by atoms with Crippen molar-refractivity contribution in [3.63, 3.8) is 0 Å². The Morgan fingerprint density at radius 1 is 1.04 bits per heavy atom. The van der Waals surface area contributed by atoms with E-state index in [2.05, 4.69) is 5.32 Å². The van der Waals surface area contributed by atoms with E-state index in [0.29, 0.717) is 38.2 Å². The van der Waals surface area contributed by atoms with Crippen LogP contribution in [0.5, 0.6) is 0 Å². The first-order chi connectivity index (χ1) is 11.5. The Kier molecular flexibility index (Phi) is 4.80. The van der Waals surface area contributed by atoms with Crippen molar-refractivity contribution < 1.29 is 18.4 Å². The lowest BCUT2D eigenvalue weighted by molar-refractivity contribution is -0.133. The average Bonchev–Trinajstić information content (AvgIpc) is 2.80. The fraction of sp³-hybridized carbons (Fsp3) is 0.529. The van der Waals surface area contributed by atoms with E-state index in [9.17, 15) is 18.4 Å². The molecule has 0 radical (unpaired) electrons. The Balaban J connectivity index is 1.59. The molecule has 130 valence electrons. The summed E-state index contributed by atoms with van der Waals surface area (Å²) in [4.78, 5) is 28.2. The Morgan fingerprint density at radius 3 is 2.38 bits per heavy atom. The molecule has 2 saturated heterocycles. The van der Waals surface area contributed by atoms with E-state index in [1.54, 1.807) is 21.9 Å². The van der Waals surface area contributed by atoms with Crippen LogP contribution in [0.3, 0.4) is 0 Å². The molecule has 2 aliphatic rings. The van der Waals surface area contributed by atoms with Gasteiger partial charge in [-0.3, -0.25) is 14.9 Å². The van der Waals surface area contributed by atoms with Crippen molar-refractivity contribution in [1.29, 1.82) is 0 Å². The molecule has 1 aromatic carbocycles. The molecular weight excluding hydrogens is 316 g/mol. The fourth-order valence-electron chi connectivity index (χ4n) is 3.21. The topological polar surface area (TPSA) is 52.7 Å². The maximum Gasteiger partial charge on any atom is 0.262 e. The lowest BCUT2D eigenvalue weighted by Gasteiger charge is -2.24. The maximum atomic E-state index is 13.3. The lowest BCUT2D eigenvalue weighted by Crippen LogP contribution is -2.45. The monoisotopic (exact) mass is 337 g/mol. The highest BCUT2D eigenvalue weighted by Crippen LogP contribution is 2.26. The van der Waals surface area contributed by atoms with Crippen molar-refractivity contribution in [3.8, 4) is 0 Å². The molecule has 2 heterocycles. The van der Waals surface area contributed by atoms with Crippen molar-refractivity contribution in [3.05, 3.63) is 35.9 Å². The summed E-state index contributed by atoms with van der Waals surface area (Å²) in [6.45, 7) is 1.40. The molecule has 2 aliphatic heterocycles. The normalized spacial score (nSPS) is 23.8. The van der Waals surface area contributed by atoms with E-state index in [1.807, 2.05) is 18.2 Å². The number of carbonyl (C=O) groups excluding carboxylic acids is 2. The Labute approximate surface area is 139 Å². The van der Waals surface area contributed by atoms with Crippen LogP contribution in [0.4, 0.5) is 8.78 Å². The SMILES string of the molecule is O=C(c1ccccc1)N1CCCN(C(=O)C2CC(F)(F)CN2)CC1. The first-order valence-electron chi connectivity index (χ1n) is 8.21. The van der Waals surface area contributed by atoms with Gasteiger partial charge in [-0.2, -0.15) is 0 Å². The predicted molar refractivity (Wildman–Crippen MR) is 84.9 cm³/mol. The van der Waals surface area contributed by atoms with Gasteiger partial charge in [0.2, 0.25) is 5.91 Å². The largest absolute Gasteiger partial charge is 0.339 e. The molecule has 3 rings (SSSR count). The van der Waals surface area contributed by atoms with Crippen LogP contribution in [0.15, 0.2) is 30.3 Å². The van der Waals surface area contributed by atoms with Crippen LogP contribution in [0.25, 0.3) is 0 Å². The number of carbonyl (C=O) groups is 2. The third kappa shape index (κ3) is 3.72. The number of hydrogen-bond donors (Lipinski definition) is 1. The van der Waals surface area contributed by atoms with Gasteiger partial charge >= 0.3 is 0 Å². The molecule has 1 atom stereocenters. The van der Waals surface area contributed by atoms with Crippen LogP contribution in [0.2, 0.25) is 0 Å². The van der Waals surface area contributed by atoms with Gasteiger partial charge in [0.25, 0.3) is 11.8 Å². The molecule has 2 fully saturated rings. The highest BCUT2D eigenvalue weighted by atomic mass is 19.3. The van der Waals surface area contributed by atoms with Gasteiger partial charge in [0.1, 0.15) is 0 Å². The van der Waals surface area contributed by atoms with E-state index in [4.69, 9.17) is 0 Å².